The quantitative estimate of drug-likeness (QED) is 0.812. The van der Waals surface area contributed by atoms with Gasteiger partial charge < -0.3 is 5.11 Å². The van der Waals surface area contributed by atoms with E-state index in [4.69, 9.17) is 0 Å². The van der Waals surface area contributed by atoms with E-state index in [0.29, 0.717) is 17.0 Å². The molecular formula is C22H14N4O2. The van der Waals surface area contributed by atoms with Gasteiger partial charge in [-0.3, -0.25) is 4.79 Å². The second kappa shape index (κ2) is 6.35. The van der Waals surface area contributed by atoms with Gasteiger partial charge in [-0.05, 0) is 72.4 Å². The lowest BCUT2D eigenvalue weighted by Gasteiger charge is -1.99. The zero-order valence-corrected chi connectivity index (χ0v) is 14.7. The summed E-state index contributed by atoms with van der Waals surface area (Å²) in [4.78, 5) is 29.5. The highest BCUT2D eigenvalue weighted by molar-refractivity contribution is 6.17. The number of carboxylic acid groups (broad SMARTS) is 1. The number of allylic oxidation sites excluding steroid dienone is 11. The fourth-order valence-corrected chi connectivity index (χ4v) is 3.26. The minimum absolute atomic E-state index is 0.0975. The molecule has 6 nitrogen and oxygen atoms in total. The molecule has 28 heavy (non-hydrogen) atoms. The molecule has 5 aliphatic heterocycles. The second-order valence-corrected chi connectivity index (χ2v) is 6.62. The van der Waals surface area contributed by atoms with Gasteiger partial charge in [0, 0.05) is 0 Å². The maximum absolute atomic E-state index is 11.2. The number of fused-ring (bicyclic) bond motifs is 4. The van der Waals surface area contributed by atoms with Crippen LogP contribution in [0.15, 0.2) is 115 Å². The summed E-state index contributed by atoms with van der Waals surface area (Å²) in [5.41, 5.74) is 6.66. The smallest absolute Gasteiger partial charge is 0.307 e. The first-order valence-electron chi connectivity index (χ1n) is 8.79. The molecule has 0 radical (unpaired) electrons. The van der Waals surface area contributed by atoms with Crippen LogP contribution >= 0.6 is 0 Å². The summed E-state index contributed by atoms with van der Waals surface area (Å²) in [5.74, 6) is -0.898. The first kappa shape index (κ1) is 16.3. The van der Waals surface area contributed by atoms with Crippen molar-refractivity contribution in [2.75, 3.05) is 0 Å². The van der Waals surface area contributed by atoms with Crippen LogP contribution in [0.25, 0.3) is 0 Å². The molecule has 5 heterocycles. The number of carbonyl (C=O) groups is 1. The van der Waals surface area contributed by atoms with E-state index in [9.17, 15) is 9.90 Å². The molecule has 1 N–H and O–H groups in total. The van der Waals surface area contributed by atoms with E-state index in [0.717, 1.165) is 34.2 Å². The fraction of sp³-hybridized carbons (Fsp3) is 0.0455. The lowest BCUT2D eigenvalue weighted by molar-refractivity contribution is -0.136. The van der Waals surface area contributed by atoms with Crippen LogP contribution in [0.1, 0.15) is 6.42 Å². The monoisotopic (exact) mass is 366 g/mol. The standard InChI is InChI=1S/C22H14N4O2/c27-22(28)8-13-7-20-11-18-4-3-16(24-18)9-14-1-2-15(23-14)10-17-5-6-19(25-17)12-21(13)26-20/h1-7,9-12H,8H2,(H,27,28). The van der Waals surface area contributed by atoms with Gasteiger partial charge in [-0.15, -0.1) is 0 Å². The first-order chi connectivity index (χ1) is 13.6. The molecule has 0 unspecified atom stereocenters. The van der Waals surface area contributed by atoms with Gasteiger partial charge in [0.25, 0.3) is 0 Å². The molecule has 5 aliphatic rings. The summed E-state index contributed by atoms with van der Waals surface area (Å²) < 4.78 is 0. The zero-order chi connectivity index (χ0) is 19.1. The van der Waals surface area contributed by atoms with E-state index < -0.39 is 5.97 Å². The predicted octanol–water partition coefficient (Wildman–Crippen LogP) is 3.42. The molecule has 0 amide bonds. The number of nitrogens with zero attached hydrogens (tertiary/aromatic N) is 4. The van der Waals surface area contributed by atoms with Gasteiger partial charge in [0.15, 0.2) is 0 Å². The summed E-state index contributed by atoms with van der Waals surface area (Å²) in [6.07, 6.45) is 20.6. The molecule has 0 aromatic rings. The van der Waals surface area contributed by atoms with Crippen molar-refractivity contribution in [3.8, 4) is 0 Å². The van der Waals surface area contributed by atoms with Crippen molar-refractivity contribution in [2.45, 2.75) is 6.42 Å². The van der Waals surface area contributed by atoms with Gasteiger partial charge in [0.05, 0.1) is 52.1 Å². The van der Waals surface area contributed by atoms with Crippen LogP contribution in [0.3, 0.4) is 0 Å². The highest BCUT2D eigenvalue weighted by Gasteiger charge is 2.18. The Balaban J connectivity index is 1.64. The van der Waals surface area contributed by atoms with Crippen molar-refractivity contribution in [3.63, 3.8) is 0 Å². The topological polar surface area (TPSA) is 86.7 Å². The van der Waals surface area contributed by atoms with E-state index in [2.05, 4.69) is 20.0 Å². The average Bonchev–Trinajstić information content (AvgIpc) is 3.40. The van der Waals surface area contributed by atoms with Crippen LogP contribution in [0.2, 0.25) is 0 Å². The lowest BCUT2D eigenvalue weighted by atomic mass is 10.1. The Morgan fingerprint density at radius 3 is 1.68 bits per heavy atom. The van der Waals surface area contributed by atoms with Crippen molar-refractivity contribution < 1.29 is 9.90 Å². The molecule has 0 atom stereocenters. The van der Waals surface area contributed by atoms with E-state index in [1.807, 2.05) is 54.7 Å². The molecule has 0 aliphatic carbocycles. The van der Waals surface area contributed by atoms with Gasteiger partial charge in [-0.1, -0.05) is 0 Å². The molecule has 0 aromatic heterocycles. The van der Waals surface area contributed by atoms with Gasteiger partial charge >= 0.3 is 5.97 Å². The third kappa shape index (κ3) is 3.23. The third-order valence-electron chi connectivity index (χ3n) is 4.46. The molecule has 0 saturated heterocycles. The summed E-state index contributed by atoms with van der Waals surface area (Å²) in [6.45, 7) is 0. The maximum Gasteiger partial charge on any atom is 0.307 e. The highest BCUT2D eigenvalue weighted by atomic mass is 16.4. The normalized spacial score (nSPS) is 21.4. The number of carboxylic acids is 1. The van der Waals surface area contributed by atoms with Crippen molar-refractivity contribution >= 4 is 28.8 Å². The van der Waals surface area contributed by atoms with Gasteiger partial charge in [-0.2, -0.15) is 0 Å². The van der Waals surface area contributed by atoms with Gasteiger partial charge in [-0.25, -0.2) is 20.0 Å². The lowest BCUT2D eigenvalue weighted by Crippen LogP contribution is -2.03. The fourth-order valence-electron chi connectivity index (χ4n) is 3.26. The van der Waals surface area contributed by atoms with Crippen LogP contribution in [-0.4, -0.2) is 33.9 Å². The Bertz CT molecular complexity index is 1190. The molecule has 0 saturated carbocycles. The molecule has 5 rings (SSSR count). The number of hydrogen-bond donors (Lipinski definition) is 1. The number of aliphatic carboxylic acids is 1. The molecule has 0 aromatic carbocycles. The van der Waals surface area contributed by atoms with E-state index in [1.54, 1.807) is 12.2 Å². The minimum atomic E-state index is -0.898. The van der Waals surface area contributed by atoms with Crippen molar-refractivity contribution in [3.05, 3.63) is 95.2 Å². The predicted molar refractivity (Wildman–Crippen MR) is 110 cm³/mol. The third-order valence-corrected chi connectivity index (χ3v) is 4.46. The molecular weight excluding hydrogens is 352 g/mol. The van der Waals surface area contributed by atoms with E-state index in [-0.39, 0.29) is 6.42 Å². The average molecular weight is 366 g/mol. The summed E-state index contributed by atoms with van der Waals surface area (Å²) in [7, 11) is 0. The number of aliphatic imine (C=N–C) groups is 4. The SMILES string of the molecule is O=C(O)CC1=CC2=CC3=NC(=CC4=NC(=CC5=NC(=CC1=N2)C=C5)C=C4)C=C3. The Labute approximate surface area is 160 Å². The molecule has 0 spiro atoms. The Morgan fingerprint density at radius 2 is 1.14 bits per heavy atom. The Hall–Kier alpha value is -3.93. The Kier molecular flexibility index (Phi) is 3.69. The molecule has 134 valence electrons. The summed E-state index contributed by atoms with van der Waals surface area (Å²) in [5, 5.41) is 9.22. The van der Waals surface area contributed by atoms with Crippen LogP contribution in [0, 0.1) is 0 Å². The van der Waals surface area contributed by atoms with Crippen LogP contribution in [0.5, 0.6) is 0 Å². The molecule has 0 fully saturated rings. The van der Waals surface area contributed by atoms with Gasteiger partial charge in [0.1, 0.15) is 0 Å². The zero-order valence-electron chi connectivity index (χ0n) is 14.7. The first-order valence-corrected chi connectivity index (χ1v) is 8.79. The maximum atomic E-state index is 11.2. The van der Waals surface area contributed by atoms with Crippen molar-refractivity contribution in [1.29, 1.82) is 0 Å². The van der Waals surface area contributed by atoms with Gasteiger partial charge in [0.2, 0.25) is 0 Å². The summed E-state index contributed by atoms with van der Waals surface area (Å²) >= 11 is 0. The van der Waals surface area contributed by atoms with Crippen molar-refractivity contribution in [2.24, 2.45) is 20.0 Å². The van der Waals surface area contributed by atoms with Crippen LogP contribution in [-0.2, 0) is 4.79 Å². The number of rotatable bonds is 2. The second-order valence-electron chi connectivity index (χ2n) is 6.62. The number of hydrogen-bond acceptors (Lipinski definition) is 5. The van der Waals surface area contributed by atoms with Crippen molar-refractivity contribution in [1.82, 2.24) is 0 Å². The molecule has 6 heteroatoms. The largest absolute Gasteiger partial charge is 0.481 e. The molecule has 8 bridgehead atoms. The highest BCUT2D eigenvalue weighted by Crippen LogP contribution is 2.24. The minimum Gasteiger partial charge on any atom is -0.481 e. The van der Waals surface area contributed by atoms with E-state index in [1.165, 1.54) is 0 Å². The van der Waals surface area contributed by atoms with E-state index >= 15 is 0 Å². The summed E-state index contributed by atoms with van der Waals surface area (Å²) in [6, 6.07) is 0. The van der Waals surface area contributed by atoms with Crippen LogP contribution < -0.4 is 0 Å². The van der Waals surface area contributed by atoms with Crippen LogP contribution in [0.4, 0.5) is 0 Å². The Morgan fingerprint density at radius 1 is 0.643 bits per heavy atom.